The van der Waals surface area contributed by atoms with Gasteiger partial charge in [-0.25, -0.2) is 12.8 Å². The Morgan fingerprint density at radius 2 is 2.14 bits per heavy atom. The van der Waals surface area contributed by atoms with Gasteiger partial charge in [-0.2, -0.15) is 4.31 Å². The molecule has 5 nitrogen and oxygen atoms in total. The summed E-state index contributed by atoms with van der Waals surface area (Å²) in [5.74, 6) is -1.18. The summed E-state index contributed by atoms with van der Waals surface area (Å²) in [6.45, 7) is 0.306. The fourth-order valence-electron chi connectivity index (χ4n) is 2.37. The van der Waals surface area contributed by atoms with E-state index >= 15 is 0 Å². The highest BCUT2D eigenvalue weighted by Gasteiger charge is 2.34. The number of piperidine rings is 1. The fraction of sp³-hybridized carbons (Fsp3) is 0.462. The molecular formula is C13H16ClFN2O3S. The van der Waals surface area contributed by atoms with Crippen molar-refractivity contribution in [2.45, 2.75) is 25.3 Å². The molecule has 1 saturated heterocycles. The van der Waals surface area contributed by atoms with Gasteiger partial charge in [0.15, 0.2) is 0 Å². The van der Waals surface area contributed by atoms with Crippen LogP contribution in [0.5, 0.6) is 0 Å². The maximum absolute atomic E-state index is 13.7. The zero-order valence-electron chi connectivity index (χ0n) is 11.5. The van der Waals surface area contributed by atoms with Crippen molar-refractivity contribution in [3.63, 3.8) is 0 Å². The first-order chi connectivity index (χ1) is 9.79. The second-order valence-electron chi connectivity index (χ2n) is 5.00. The maximum atomic E-state index is 13.7. The Bertz CT molecular complexity index is 651. The summed E-state index contributed by atoms with van der Waals surface area (Å²) < 4.78 is 38.3. The molecule has 0 aliphatic carbocycles. The van der Waals surface area contributed by atoms with E-state index in [4.69, 9.17) is 11.6 Å². The van der Waals surface area contributed by atoms with Crippen LogP contribution in [0, 0.1) is 5.82 Å². The highest BCUT2D eigenvalue weighted by atomic mass is 35.5. The Balaban J connectivity index is 2.18. The number of hydrogen-bond acceptors (Lipinski definition) is 3. The number of anilines is 1. The number of halogens is 2. The largest absolute Gasteiger partial charge is 0.322 e. The number of carbonyl (C=O) groups excluding carboxylic acids is 1. The van der Waals surface area contributed by atoms with E-state index in [9.17, 15) is 17.6 Å². The molecule has 21 heavy (non-hydrogen) atoms. The molecule has 1 aliphatic heterocycles. The average Bonchev–Trinajstić information content (AvgIpc) is 2.41. The van der Waals surface area contributed by atoms with Crippen LogP contribution in [0.4, 0.5) is 10.1 Å². The number of rotatable bonds is 3. The standard InChI is InChI=1S/C13H16ClFN2O3S/c1-21(19,20)17-7-3-2-4-12(17)13(18)16-11-6-5-9(14)8-10(11)15/h5-6,8,12H,2-4,7H2,1H3,(H,16,18)/t12-/m0/s1. The number of hydrogen-bond donors (Lipinski definition) is 1. The molecule has 116 valence electrons. The molecule has 0 aromatic heterocycles. The third-order valence-corrected chi connectivity index (χ3v) is 4.90. The fourth-order valence-corrected chi connectivity index (χ4v) is 3.65. The van der Waals surface area contributed by atoms with Crippen LogP contribution in [0.2, 0.25) is 5.02 Å². The van der Waals surface area contributed by atoms with Crippen LogP contribution >= 0.6 is 11.6 Å². The first-order valence-electron chi connectivity index (χ1n) is 6.52. The van der Waals surface area contributed by atoms with Gasteiger partial charge in [-0.1, -0.05) is 18.0 Å². The lowest BCUT2D eigenvalue weighted by atomic mass is 10.0. The van der Waals surface area contributed by atoms with E-state index in [1.54, 1.807) is 0 Å². The topological polar surface area (TPSA) is 66.5 Å². The van der Waals surface area contributed by atoms with E-state index < -0.39 is 27.8 Å². The first-order valence-corrected chi connectivity index (χ1v) is 8.74. The van der Waals surface area contributed by atoms with E-state index in [1.807, 2.05) is 0 Å². The van der Waals surface area contributed by atoms with Crippen molar-refractivity contribution >= 4 is 33.2 Å². The summed E-state index contributed by atoms with van der Waals surface area (Å²) in [4.78, 5) is 12.2. The molecule has 1 aromatic rings. The number of nitrogens with one attached hydrogen (secondary N) is 1. The van der Waals surface area contributed by atoms with Crippen LogP contribution < -0.4 is 5.32 Å². The maximum Gasteiger partial charge on any atom is 0.242 e. The van der Waals surface area contributed by atoms with Crippen LogP contribution in [-0.4, -0.2) is 37.5 Å². The number of benzene rings is 1. The second kappa shape index (κ2) is 6.29. The zero-order valence-corrected chi connectivity index (χ0v) is 13.0. The average molecular weight is 335 g/mol. The Morgan fingerprint density at radius 1 is 1.43 bits per heavy atom. The van der Waals surface area contributed by atoms with Gasteiger partial charge in [-0.3, -0.25) is 4.79 Å². The molecule has 1 fully saturated rings. The molecular weight excluding hydrogens is 319 g/mol. The van der Waals surface area contributed by atoms with Crippen LogP contribution in [0.1, 0.15) is 19.3 Å². The summed E-state index contributed by atoms with van der Waals surface area (Å²) >= 11 is 5.64. The van der Waals surface area contributed by atoms with E-state index in [0.717, 1.165) is 18.7 Å². The van der Waals surface area contributed by atoms with Gasteiger partial charge in [0, 0.05) is 11.6 Å². The quantitative estimate of drug-likeness (QED) is 0.921. The van der Waals surface area contributed by atoms with Crippen LogP contribution in [0.3, 0.4) is 0 Å². The highest BCUT2D eigenvalue weighted by molar-refractivity contribution is 7.88. The summed E-state index contributed by atoms with van der Waals surface area (Å²) in [5.41, 5.74) is -0.0107. The molecule has 0 spiro atoms. The molecule has 2 rings (SSSR count). The Labute approximate surface area is 128 Å². The Morgan fingerprint density at radius 3 is 2.76 bits per heavy atom. The van der Waals surface area contributed by atoms with Crippen molar-refractivity contribution in [2.24, 2.45) is 0 Å². The number of nitrogens with zero attached hydrogens (tertiary/aromatic N) is 1. The minimum Gasteiger partial charge on any atom is -0.322 e. The molecule has 1 heterocycles. The summed E-state index contributed by atoms with van der Waals surface area (Å²) in [6, 6.07) is 3.09. The Hall–Kier alpha value is -1.18. The minimum absolute atomic E-state index is 0.0107. The van der Waals surface area contributed by atoms with Crippen LogP contribution in [-0.2, 0) is 14.8 Å². The summed E-state index contributed by atoms with van der Waals surface area (Å²) in [6.07, 6.45) is 2.97. The van der Waals surface area contributed by atoms with E-state index in [1.165, 1.54) is 16.4 Å². The highest BCUT2D eigenvalue weighted by Crippen LogP contribution is 2.23. The molecule has 0 unspecified atom stereocenters. The van der Waals surface area contributed by atoms with Gasteiger partial charge in [0.2, 0.25) is 15.9 Å². The number of carbonyl (C=O) groups is 1. The molecule has 1 N–H and O–H groups in total. The molecule has 0 saturated carbocycles. The van der Waals surface area contributed by atoms with Crippen molar-refractivity contribution < 1.29 is 17.6 Å². The van der Waals surface area contributed by atoms with E-state index in [0.29, 0.717) is 19.4 Å². The number of amides is 1. The molecule has 1 amide bonds. The lowest BCUT2D eigenvalue weighted by Gasteiger charge is -2.32. The van der Waals surface area contributed by atoms with Crippen molar-refractivity contribution in [3.8, 4) is 0 Å². The molecule has 1 aromatic carbocycles. The third-order valence-electron chi connectivity index (χ3n) is 3.37. The molecule has 0 bridgehead atoms. The van der Waals surface area contributed by atoms with Crippen molar-refractivity contribution in [1.29, 1.82) is 0 Å². The van der Waals surface area contributed by atoms with Crippen molar-refractivity contribution in [2.75, 3.05) is 18.1 Å². The van der Waals surface area contributed by atoms with E-state index in [-0.39, 0.29) is 10.7 Å². The monoisotopic (exact) mass is 334 g/mol. The molecule has 8 heteroatoms. The van der Waals surface area contributed by atoms with Crippen molar-refractivity contribution in [3.05, 3.63) is 29.0 Å². The van der Waals surface area contributed by atoms with Gasteiger partial charge < -0.3 is 5.32 Å². The van der Waals surface area contributed by atoms with Gasteiger partial charge >= 0.3 is 0 Å². The lowest BCUT2D eigenvalue weighted by molar-refractivity contribution is -0.120. The summed E-state index contributed by atoms with van der Waals surface area (Å²) in [7, 11) is -3.47. The van der Waals surface area contributed by atoms with E-state index in [2.05, 4.69) is 5.32 Å². The van der Waals surface area contributed by atoms with Gasteiger partial charge in [0.25, 0.3) is 0 Å². The van der Waals surface area contributed by atoms with Crippen molar-refractivity contribution in [1.82, 2.24) is 4.31 Å². The predicted octanol–water partition coefficient (Wildman–Crippen LogP) is 2.23. The summed E-state index contributed by atoms with van der Waals surface area (Å²) in [5, 5.41) is 2.65. The second-order valence-corrected chi connectivity index (χ2v) is 7.37. The smallest absolute Gasteiger partial charge is 0.242 e. The van der Waals surface area contributed by atoms with Gasteiger partial charge in [0.1, 0.15) is 11.9 Å². The number of sulfonamides is 1. The lowest BCUT2D eigenvalue weighted by Crippen LogP contribution is -2.49. The van der Waals surface area contributed by atoms with Gasteiger partial charge in [-0.05, 0) is 31.0 Å². The molecule has 1 aliphatic rings. The van der Waals surface area contributed by atoms with Gasteiger partial charge in [0.05, 0.1) is 11.9 Å². The minimum atomic E-state index is -3.47. The first kappa shape index (κ1) is 16.2. The zero-order chi connectivity index (χ0) is 15.6. The normalized spacial score (nSPS) is 20.2. The molecule has 1 atom stereocenters. The van der Waals surface area contributed by atoms with Crippen LogP contribution in [0.25, 0.3) is 0 Å². The predicted molar refractivity (Wildman–Crippen MR) is 79.2 cm³/mol. The SMILES string of the molecule is CS(=O)(=O)N1CCCC[C@H]1C(=O)Nc1ccc(Cl)cc1F. The Kier molecular flexibility index (Phi) is 4.85. The van der Waals surface area contributed by atoms with Crippen LogP contribution in [0.15, 0.2) is 18.2 Å². The molecule has 0 radical (unpaired) electrons. The third kappa shape index (κ3) is 3.93. The van der Waals surface area contributed by atoms with Gasteiger partial charge in [-0.15, -0.1) is 0 Å².